The van der Waals surface area contributed by atoms with Gasteiger partial charge in [0.1, 0.15) is 17.1 Å². The molecule has 1 unspecified atom stereocenters. The number of amides is 2. The molecule has 2 aliphatic heterocycles. The molecule has 1 saturated heterocycles. The second-order valence-corrected chi connectivity index (χ2v) is 11.7. The van der Waals surface area contributed by atoms with E-state index in [0.29, 0.717) is 23.8 Å². The summed E-state index contributed by atoms with van der Waals surface area (Å²) in [6.45, 7) is 0.430. The van der Waals surface area contributed by atoms with Crippen molar-refractivity contribution < 1.29 is 34.2 Å². The zero-order valence-electron chi connectivity index (χ0n) is 21.9. The summed E-state index contributed by atoms with van der Waals surface area (Å²) in [7, 11) is 0. The van der Waals surface area contributed by atoms with Crippen LogP contribution in [0.5, 0.6) is 0 Å². The van der Waals surface area contributed by atoms with Crippen LogP contribution in [-0.4, -0.2) is 110 Å². The van der Waals surface area contributed by atoms with Crippen molar-refractivity contribution in [3.8, 4) is 0 Å². The number of unbranched alkanes of at least 4 members (excludes halogenated alkanes) is 3. The minimum absolute atomic E-state index is 0.0237. The van der Waals surface area contributed by atoms with Crippen molar-refractivity contribution in [2.45, 2.75) is 48.8 Å². The SMILES string of the molecule is NCCCCCCn1nnnc1SCC1=C(C(=O)O)N2C(=O)C(NC(=O)C(=NOCC(=O)O)c3nsc(N)n3)[C@H]2SC1. The van der Waals surface area contributed by atoms with Crippen LogP contribution in [0.25, 0.3) is 0 Å². The van der Waals surface area contributed by atoms with Crippen molar-refractivity contribution >= 4 is 69.7 Å². The predicted molar refractivity (Wildman–Crippen MR) is 150 cm³/mol. The number of thioether (sulfide) groups is 2. The van der Waals surface area contributed by atoms with Crippen LogP contribution < -0.4 is 16.8 Å². The molecular weight excluding hydrogens is 615 g/mol. The number of carboxylic acids is 2. The van der Waals surface area contributed by atoms with Crippen molar-refractivity contribution in [3.05, 3.63) is 17.1 Å². The maximum absolute atomic E-state index is 13.1. The van der Waals surface area contributed by atoms with Crippen LogP contribution in [0, 0.1) is 0 Å². The summed E-state index contributed by atoms with van der Waals surface area (Å²) >= 11 is 3.33. The lowest BCUT2D eigenvalue weighted by Gasteiger charge is -2.49. The number of carbonyl (C=O) groups excluding carboxylic acids is 2. The highest BCUT2D eigenvalue weighted by atomic mass is 32.2. The standard InChI is InChI=1S/C21H27N11O7S3/c22-5-3-1-2-4-6-31-21(26-29-30-31)41-9-10-8-40-18-13(17(36)32(18)14(10)19(37)38)24-16(35)12(27-39-7-11(33)34)15-25-20(23)42-28-15/h13,18H,1-9,22H2,(H,24,35)(H,33,34)(H,37,38)(H2,23,25,28)/t13?,18-/m1/s1. The molecule has 2 aliphatic rings. The smallest absolute Gasteiger partial charge is 0.352 e. The van der Waals surface area contributed by atoms with E-state index in [1.165, 1.54) is 23.5 Å². The molecule has 2 atom stereocenters. The van der Waals surface area contributed by atoms with Crippen LogP contribution in [0.15, 0.2) is 21.6 Å². The van der Waals surface area contributed by atoms with Gasteiger partial charge >= 0.3 is 11.9 Å². The summed E-state index contributed by atoms with van der Waals surface area (Å²) in [5.74, 6) is -3.87. The number of aryl methyl sites for hydroxylation is 1. The zero-order valence-corrected chi connectivity index (χ0v) is 24.4. The normalized spacial score (nSPS) is 18.5. The average Bonchev–Trinajstić information content (AvgIpc) is 3.60. The number of nitrogens with zero attached hydrogens (tertiary/aromatic N) is 8. The lowest BCUT2D eigenvalue weighted by atomic mass is 10.0. The number of hydrogen-bond donors (Lipinski definition) is 5. The average molecular weight is 642 g/mol. The van der Waals surface area contributed by atoms with Crippen molar-refractivity contribution in [3.63, 3.8) is 0 Å². The van der Waals surface area contributed by atoms with Crippen LogP contribution in [-0.2, 0) is 30.6 Å². The molecule has 7 N–H and O–H groups in total. The van der Waals surface area contributed by atoms with E-state index in [1.54, 1.807) is 4.68 Å². The number of fused-ring (bicyclic) bond motifs is 1. The minimum atomic E-state index is -1.33. The molecule has 0 saturated carbocycles. The van der Waals surface area contributed by atoms with Gasteiger partial charge in [-0.3, -0.25) is 14.5 Å². The third-order valence-corrected chi connectivity index (χ3v) is 8.87. The molecule has 226 valence electrons. The van der Waals surface area contributed by atoms with Crippen LogP contribution in [0.3, 0.4) is 0 Å². The number of nitrogen functional groups attached to an aromatic ring is 1. The molecule has 21 heteroatoms. The van der Waals surface area contributed by atoms with Gasteiger partial charge in [0.25, 0.3) is 11.8 Å². The molecule has 4 rings (SSSR count). The Morgan fingerprint density at radius 3 is 2.69 bits per heavy atom. The number of nitrogens with one attached hydrogen (secondary N) is 1. The fourth-order valence-electron chi connectivity index (χ4n) is 4.02. The lowest BCUT2D eigenvalue weighted by molar-refractivity contribution is -0.150. The first-order chi connectivity index (χ1) is 20.2. The number of β-lactam (4-membered cyclic amide) rings is 1. The number of anilines is 1. The molecule has 42 heavy (non-hydrogen) atoms. The second-order valence-electron chi connectivity index (χ2n) is 8.86. The maximum atomic E-state index is 13.1. The molecule has 0 bridgehead atoms. The molecule has 1 fully saturated rings. The summed E-state index contributed by atoms with van der Waals surface area (Å²) in [6.07, 6.45) is 3.83. The number of nitrogens with two attached hydrogens (primary N) is 2. The predicted octanol–water partition coefficient (Wildman–Crippen LogP) is -1.04. The van der Waals surface area contributed by atoms with E-state index in [-0.39, 0.29) is 28.2 Å². The van der Waals surface area contributed by atoms with E-state index in [4.69, 9.17) is 16.6 Å². The number of hydrogen-bond acceptors (Lipinski definition) is 16. The summed E-state index contributed by atoms with van der Waals surface area (Å²) in [4.78, 5) is 58.8. The Hall–Kier alpha value is -3.82. The van der Waals surface area contributed by atoms with Gasteiger partial charge in [0.15, 0.2) is 5.13 Å². The van der Waals surface area contributed by atoms with Gasteiger partial charge in [0.2, 0.25) is 23.3 Å². The first-order valence-electron chi connectivity index (χ1n) is 12.5. The Labute approximate surface area is 250 Å². The number of oxime groups is 1. The summed E-state index contributed by atoms with van der Waals surface area (Å²) in [6, 6.07) is -1.08. The Morgan fingerprint density at radius 1 is 1.21 bits per heavy atom. The monoisotopic (exact) mass is 641 g/mol. The van der Waals surface area contributed by atoms with Crippen LogP contribution in [0.2, 0.25) is 0 Å². The van der Waals surface area contributed by atoms with Gasteiger partial charge in [0, 0.05) is 29.6 Å². The third kappa shape index (κ3) is 7.33. The van der Waals surface area contributed by atoms with Gasteiger partial charge in [-0.15, -0.1) is 16.9 Å². The maximum Gasteiger partial charge on any atom is 0.352 e. The Balaban J connectivity index is 1.42. The number of tetrazole rings is 1. The number of carbonyl (C=O) groups is 4. The molecule has 2 aromatic rings. The van der Waals surface area contributed by atoms with E-state index in [9.17, 15) is 24.3 Å². The van der Waals surface area contributed by atoms with Crippen molar-refractivity contribution in [1.82, 2.24) is 39.8 Å². The molecule has 0 aromatic carbocycles. The number of aromatic nitrogens is 6. The Morgan fingerprint density at radius 2 is 2.00 bits per heavy atom. The lowest BCUT2D eigenvalue weighted by Crippen LogP contribution is -2.71. The topological polar surface area (TPSA) is 267 Å². The molecule has 2 amide bonds. The van der Waals surface area contributed by atoms with Gasteiger partial charge in [0.05, 0.1) is 0 Å². The second kappa shape index (κ2) is 14.4. The zero-order chi connectivity index (χ0) is 30.2. The minimum Gasteiger partial charge on any atom is -0.479 e. The molecule has 0 aliphatic carbocycles. The molecule has 4 heterocycles. The molecule has 0 spiro atoms. The summed E-state index contributed by atoms with van der Waals surface area (Å²) in [5.41, 5.74) is 11.0. The first kappa shape index (κ1) is 31.1. The van der Waals surface area contributed by atoms with Gasteiger partial charge in [-0.1, -0.05) is 29.8 Å². The van der Waals surface area contributed by atoms with Gasteiger partial charge in [-0.2, -0.15) is 9.36 Å². The van der Waals surface area contributed by atoms with Gasteiger partial charge in [-0.25, -0.2) is 14.3 Å². The van der Waals surface area contributed by atoms with Crippen LogP contribution >= 0.6 is 35.1 Å². The Kier molecular flexibility index (Phi) is 10.7. The van der Waals surface area contributed by atoms with E-state index in [2.05, 4.69) is 40.2 Å². The molecule has 0 radical (unpaired) electrons. The molecule has 18 nitrogen and oxygen atoms in total. The quantitative estimate of drug-likeness (QED) is 0.0481. The molecular formula is C21H27N11O7S3. The number of aliphatic carboxylic acids is 2. The fourth-order valence-corrected chi connectivity index (χ4v) is 6.85. The number of rotatable bonds is 16. The van der Waals surface area contributed by atoms with E-state index in [1.807, 2.05) is 0 Å². The largest absolute Gasteiger partial charge is 0.479 e. The summed E-state index contributed by atoms with van der Waals surface area (Å²) < 4.78 is 5.55. The molecule has 2 aromatic heterocycles. The first-order valence-corrected chi connectivity index (χ1v) is 15.3. The van der Waals surface area contributed by atoms with E-state index in [0.717, 1.165) is 42.1 Å². The Bertz CT molecular complexity index is 1400. The number of carboxylic acid groups (broad SMARTS) is 2. The van der Waals surface area contributed by atoms with Crippen LogP contribution in [0.4, 0.5) is 5.13 Å². The highest BCUT2D eigenvalue weighted by molar-refractivity contribution is 8.01. The van der Waals surface area contributed by atoms with Gasteiger partial charge < -0.3 is 31.8 Å². The van der Waals surface area contributed by atoms with Gasteiger partial charge in [-0.05, 0) is 35.4 Å². The highest BCUT2D eigenvalue weighted by Crippen LogP contribution is 2.41. The highest BCUT2D eigenvalue weighted by Gasteiger charge is 2.54. The summed E-state index contributed by atoms with van der Waals surface area (Å²) in [5, 5.41) is 36.4. The van der Waals surface area contributed by atoms with Crippen molar-refractivity contribution in [2.75, 3.05) is 30.4 Å². The van der Waals surface area contributed by atoms with E-state index >= 15 is 0 Å². The third-order valence-electron chi connectivity index (χ3n) is 5.95. The van der Waals surface area contributed by atoms with Crippen molar-refractivity contribution in [2.24, 2.45) is 10.9 Å². The fraction of sp³-hybridized carbons (Fsp3) is 0.524. The van der Waals surface area contributed by atoms with Crippen LogP contribution in [0.1, 0.15) is 31.5 Å². The van der Waals surface area contributed by atoms with E-state index < -0.39 is 47.5 Å². The van der Waals surface area contributed by atoms with Crippen molar-refractivity contribution in [1.29, 1.82) is 0 Å².